The van der Waals surface area contributed by atoms with E-state index in [1.54, 1.807) is 18.2 Å². The van der Waals surface area contributed by atoms with Crippen LogP contribution in [0.15, 0.2) is 63.9 Å². The third kappa shape index (κ3) is 4.07. The third-order valence-electron chi connectivity index (χ3n) is 5.57. The van der Waals surface area contributed by atoms with Gasteiger partial charge in [-0.15, -0.1) is 0 Å². The predicted molar refractivity (Wildman–Crippen MR) is 126 cm³/mol. The molecule has 1 aliphatic rings. The summed E-state index contributed by atoms with van der Waals surface area (Å²) in [6.07, 6.45) is 0.514. The number of halogens is 1. The van der Waals surface area contributed by atoms with Crippen molar-refractivity contribution < 1.29 is 23.1 Å². The smallest absolute Gasteiger partial charge is 0.411 e. The molecule has 2 amide bonds. The van der Waals surface area contributed by atoms with E-state index in [0.717, 1.165) is 52.8 Å². The highest BCUT2D eigenvalue weighted by molar-refractivity contribution is 7.98. The molecule has 1 aliphatic heterocycles. The molecular weight excluding hydrogens is 445 g/mol. The normalized spacial score (nSPS) is 13.1. The second-order valence-corrected chi connectivity index (χ2v) is 8.45. The molecule has 0 aliphatic carbocycles. The Kier molecular flexibility index (Phi) is 5.55. The van der Waals surface area contributed by atoms with Crippen molar-refractivity contribution in [3.8, 4) is 0 Å². The molecule has 0 bridgehead atoms. The minimum Gasteiger partial charge on any atom is -0.453 e. The van der Waals surface area contributed by atoms with Crippen molar-refractivity contribution >= 4 is 57.1 Å². The van der Waals surface area contributed by atoms with Crippen molar-refractivity contribution in [3.63, 3.8) is 0 Å². The first-order valence-electron chi connectivity index (χ1n) is 10.4. The van der Waals surface area contributed by atoms with Gasteiger partial charge in [-0.2, -0.15) is 0 Å². The molecule has 4 aromatic rings. The molecule has 1 fully saturated rings. The maximum absolute atomic E-state index is 14.6. The maximum atomic E-state index is 14.6. The first-order valence-corrected chi connectivity index (χ1v) is 11.2. The number of carbonyl (C=O) groups excluding carboxylic acids is 2. The van der Waals surface area contributed by atoms with Gasteiger partial charge in [0.1, 0.15) is 11.4 Å². The van der Waals surface area contributed by atoms with Gasteiger partial charge >= 0.3 is 6.09 Å². The fraction of sp³-hybridized carbons (Fsp3) is 0.167. The SMILES string of the molecule is COC(=O)Nc1cccc2c(SNC(=O)c3cc4c(F)cc(N5CCC5)cc4o3)cccc12. The second-order valence-electron chi connectivity index (χ2n) is 7.60. The minimum absolute atomic E-state index is 0.0328. The molecule has 9 heteroatoms. The summed E-state index contributed by atoms with van der Waals surface area (Å²) in [6, 6.07) is 15.7. The number of hydrogen-bond acceptors (Lipinski definition) is 6. The summed E-state index contributed by atoms with van der Waals surface area (Å²) in [5, 5.41) is 4.59. The molecule has 2 N–H and O–H groups in total. The van der Waals surface area contributed by atoms with Crippen molar-refractivity contribution in [1.29, 1.82) is 0 Å². The zero-order valence-corrected chi connectivity index (χ0v) is 18.5. The standard InChI is InChI=1S/C24H20FN3O4S/c1-31-24(30)26-19-7-2-6-16-15(19)5-3-8-22(16)33-27-23(29)21-13-17-18(25)11-14(12-20(17)32-21)28-9-4-10-28/h2-3,5-8,11-13H,4,9-10H2,1H3,(H,26,30)(H,27,29). The summed E-state index contributed by atoms with van der Waals surface area (Å²) in [7, 11) is 1.30. The zero-order chi connectivity index (χ0) is 22.9. The van der Waals surface area contributed by atoms with Gasteiger partial charge in [-0.05, 0) is 42.0 Å². The van der Waals surface area contributed by atoms with Crippen molar-refractivity contribution in [2.75, 3.05) is 30.4 Å². The van der Waals surface area contributed by atoms with Gasteiger partial charge < -0.3 is 14.1 Å². The Labute approximate surface area is 193 Å². The highest BCUT2D eigenvalue weighted by Gasteiger charge is 2.20. The molecule has 0 unspecified atom stereocenters. The summed E-state index contributed by atoms with van der Waals surface area (Å²) in [5.74, 6) is -0.850. The average molecular weight is 466 g/mol. The van der Waals surface area contributed by atoms with Crippen LogP contribution in [0.25, 0.3) is 21.7 Å². The van der Waals surface area contributed by atoms with E-state index in [1.807, 2.05) is 24.3 Å². The van der Waals surface area contributed by atoms with Crippen LogP contribution in [0.3, 0.4) is 0 Å². The van der Waals surface area contributed by atoms with E-state index < -0.39 is 17.8 Å². The van der Waals surface area contributed by atoms with Crippen molar-refractivity contribution in [2.45, 2.75) is 11.3 Å². The lowest BCUT2D eigenvalue weighted by molar-refractivity contribution is 0.0959. The summed E-state index contributed by atoms with van der Waals surface area (Å²) in [5.41, 5.74) is 1.70. The highest BCUT2D eigenvalue weighted by Crippen LogP contribution is 2.33. The number of hydrogen-bond donors (Lipinski definition) is 2. The summed E-state index contributed by atoms with van der Waals surface area (Å²) in [4.78, 5) is 27.2. The van der Waals surface area contributed by atoms with Crippen LogP contribution in [0.2, 0.25) is 0 Å². The van der Waals surface area contributed by atoms with Crippen molar-refractivity contribution in [3.05, 3.63) is 66.2 Å². The van der Waals surface area contributed by atoms with E-state index >= 15 is 0 Å². The molecule has 33 heavy (non-hydrogen) atoms. The molecule has 1 saturated heterocycles. The van der Waals surface area contributed by atoms with Crippen LogP contribution in [0.4, 0.5) is 20.6 Å². The molecule has 3 aromatic carbocycles. The van der Waals surface area contributed by atoms with Crippen LogP contribution in [0.1, 0.15) is 17.0 Å². The van der Waals surface area contributed by atoms with E-state index in [0.29, 0.717) is 11.3 Å². The molecular formula is C24H20FN3O4S. The third-order valence-corrected chi connectivity index (χ3v) is 6.44. The molecule has 0 radical (unpaired) electrons. The number of ether oxygens (including phenoxy) is 1. The van der Waals surface area contributed by atoms with Gasteiger partial charge in [0.15, 0.2) is 5.76 Å². The molecule has 0 saturated carbocycles. The highest BCUT2D eigenvalue weighted by atomic mass is 32.2. The van der Waals surface area contributed by atoms with Crippen LogP contribution in [0.5, 0.6) is 0 Å². The summed E-state index contributed by atoms with van der Waals surface area (Å²) in [6.45, 7) is 1.77. The number of nitrogens with one attached hydrogen (secondary N) is 2. The van der Waals surface area contributed by atoms with Gasteiger partial charge in [0.05, 0.1) is 18.2 Å². The topological polar surface area (TPSA) is 83.8 Å². The van der Waals surface area contributed by atoms with Crippen molar-refractivity contribution in [2.24, 2.45) is 0 Å². The molecule has 0 spiro atoms. The van der Waals surface area contributed by atoms with Gasteiger partial charge in [0.25, 0.3) is 5.91 Å². The van der Waals surface area contributed by atoms with Crippen LogP contribution in [0, 0.1) is 5.82 Å². The molecule has 7 nitrogen and oxygen atoms in total. The fourth-order valence-electron chi connectivity index (χ4n) is 3.74. The number of nitrogens with zero attached hydrogens (tertiary/aromatic N) is 1. The minimum atomic E-state index is -0.566. The number of furan rings is 1. The van der Waals surface area contributed by atoms with E-state index in [2.05, 4.69) is 19.7 Å². The maximum Gasteiger partial charge on any atom is 0.411 e. The van der Waals surface area contributed by atoms with E-state index in [1.165, 1.54) is 19.2 Å². The summed E-state index contributed by atoms with van der Waals surface area (Å²) < 4.78 is 27.7. The van der Waals surface area contributed by atoms with Gasteiger partial charge in [-0.25, -0.2) is 9.18 Å². The van der Waals surface area contributed by atoms with E-state index in [9.17, 15) is 14.0 Å². The van der Waals surface area contributed by atoms with Gasteiger partial charge in [0.2, 0.25) is 0 Å². The molecule has 5 rings (SSSR count). The Balaban J connectivity index is 1.36. The Morgan fingerprint density at radius 3 is 2.61 bits per heavy atom. The van der Waals surface area contributed by atoms with Gasteiger partial charge in [0, 0.05) is 41.2 Å². The average Bonchev–Trinajstić information content (AvgIpc) is 3.21. The first-order chi connectivity index (χ1) is 16.0. The first kappa shape index (κ1) is 21.1. The number of benzene rings is 3. The number of fused-ring (bicyclic) bond motifs is 2. The number of rotatable bonds is 5. The lowest BCUT2D eigenvalue weighted by Crippen LogP contribution is -2.36. The molecule has 1 aromatic heterocycles. The number of amides is 2. The lowest BCUT2D eigenvalue weighted by atomic mass is 10.1. The van der Waals surface area contributed by atoms with Crippen LogP contribution < -0.4 is 14.9 Å². The largest absolute Gasteiger partial charge is 0.453 e. The quantitative estimate of drug-likeness (QED) is 0.376. The van der Waals surface area contributed by atoms with Crippen LogP contribution in [-0.4, -0.2) is 32.2 Å². The molecule has 168 valence electrons. The van der Waals surface area contributed by atoms with Gasteiger partial charge in [-0.3, -0.25) is 14.8 Å². The monoisotopic (exact) mass is 465 g/mol. The number of anilines is 2. The van der Waals surface area contributed by atoms with Crippen LogP contribution in [-0.2, 0) is 4.74 Å². The van der Waals surface area contributed by atoms with Gasteiger partial charge in [-0.1, -0.05) is 24.3 Å². The lowest BCUT2D eigenvalue weighted by Gasteiger charge is -2.33. The number of methoxy groups -OCH3 is 1. The van der Waals surface area contributed by atoms with Crippen LogP contribution >= 0.6 is 11.9 Å². The van der Waals surface area contributed by atoms with E-state index in [4.69, 9.17) is 4.42 Å². The number of carbonyl (C=O) groups is 2. The second kappa shape index (κ2) is 8.67. The Bertz CT molecular complexity index is 1380. The zero-order valence-electron chi connectivity index (χ0n) is 17.7. The predicted octanol–water partition coefficient (Wildman–Crippen LogP) is 5.55. The molecule has 0 atom stereocenters. The Morgan fingerprint density at radius 2 is 1.85 bits per heavy atom. The van der Waals surface area contributed by atoms with E-state index in [-0.39, 0.29) is 11.1 Å². The Hall–Kier alpha value is -3.72. The van der Waals surface area contributed by atoms with Crippen molar-refractivity contribution in [1.82, 2.24) is 4.72 Å². The fourth-order valence-corrected chi connectivity index (χ4v) is 4.48. The Morgan fingerprint density at radius 1 is 1.06 bits per heavy atom. The molecule has 2 heterocycles. The summed E-state index contributed by atoms with van der Waals surface area (Å²) >= 11 is 1.12.